The van der Waals surface area contributed by atoms with Crippen LogP contribution < -0.4 is 11.3 Å². The van der Waals surface area contributed by atoms with Gasteiger partial charge in [0.15, 0.2) is 0 Å². The van der Waals surface area contributed by atoms with Gasteiger partial charge in [0.1, 0.15) is 5.82 Å². The molecule has 0 spiro atoms. The van der Waals surface area contributed by atoms with Crippen LogP contribution in [0.2, 0.25) is 0 Å². The summed E-state index contributed by atoms with van der Waals surface area (Å²) in [6.07, 6.45) is 0. The molecule has 0 bridgehead atoms. The number of rotatable bonds is 3. The van der Waals surface area contributed by atoms with Gasteiger partial charge in [0.05, 0.1) is 6.04 Å². The number of thiophene rings is 2. The van der Waals surface area contributed by atoms with Crippen molar-refractivity contribution in [3.63, 3.8) is 0 Å². The van der Waals surface area contributed by atoms with Gasteiger partial charge in [0.2, 0.25) is 0 Å². The van der Waals surface area contributed by atoms with Crippen molar-refractivity contribution in [1.82, 2.24) is 5.43 Å². The van der Waals surface area contributed by atoms with E-state index in [-0.39, 0.29) is 11.9 Å². The van der Waals surface area contributed by atoms with Crippen molar-refractivity contribution >= 4 is 32.1 Å². The van der Waals surface area contributed by atoms with Gasteiger partial charge in [-0.15, -0.1) is 22.7 Å². The highest BCUT2D eigenvalue weighted by molar-refractivity contribution is 7.27. The van der Waals surface area contributed by atoms with Gasteiger partial charge in [-0.3, -0.25) is 5.84 Å². The summed E-state index contributed by atoms with van der Waals surface area (Å²) in [5.74, 6) is 5.46. The van der Waals surface area contributed by atoms with Crippen LogP contribution in [0.3, 0.4) is 0 Å². The zero-order chi connectivity index (χ0) is 13.4. The minimum Gasteiger partial charge on any atom is -0.271 e. The molecule has 0 aliphatic rings. The van der Waals surface area contributed by atoms with Crippen molar-refractivity contribution in [3.05, 3.63) is 57.5 Å². The quantitative estimate of drug-likeness (QED) is 0.566. The molecular weight excluding hydrogens is 279 g/mol. The first-order valence-electron chi connectivity index (χ1n) is 5.88. The van der Waals surface area contributed by atoms with Crippen LogP contribution in [-0.2, 0) is 0 Å². The number of hydrazine groups is 1. The van der Waals surface area contributed by atoms with Gasteiger partial charge in [0, 0.05) is 14.3 Å². The Kier molecular flexibility index (Phi) is 3.36. The Morgan fingerprint density at radius 3 is 2.74 bits per heavy atom. The molecule has 2 heterocycles. The van der Waals surface area contributed by atoms with Crippen LogP contribution in [0.25, 0.3) is 9.40 Å². The lowest BCUT2D eigenvalue weighted by molar-refractivity contribution is 0.602. The van der Waals surface area contributed by atoms with Crippen molar-refractivity contribution in [1.29, 1.82) is 0 Å². The fourth-order valence-electron chi connectivity index (χ4n) is 2.06. The Morgan fingerprint density at radius 1 is 1.21 bits per heavy atom. The van der Waals surface area contributed by atoms with E-state index in [1.54, 1.807) is 41.7 Å². The van der Waals surface area contributed by atoms with E-state index in [0.29, 0.717) is 5.56 Å². The molecule has 3 N–H and O–H groups in total. The zero-order valence-corrected chi connectivity index (χ0v) is 11.9. The molecule has 0 aliphatic carbocycles. The normalized spacial score (nSPS) is 13.0. The van der Waals surface area contributed by atoms with E-state index < -0.39 is 0 Å². The maximum absolute atomic E-state index is 13.7. The Morgan fingerprint density at radius 2 is 2.05 bits per heavy atom. The number of nitrogens with two attached hydrogens (primary N) is 1. The van der Waals surface area contributed by atoms with E-state index in [4.69, 9.17) is 5.84 Å². The summed E-state index contributed by atoms with van der Waals surface area (Å²) in [7, 11) is 0. The van der Waals surface area contributed by atoms with Crippen LogP contribution in [-0.4, -0.2) is 0 Å². The van der Waals surface area contributed by atoms with E-state index in [2.05, 4.69) is 22.9 Å². The first kappa shape index (κ1) is 12.7. The predicted molar refractivity (Wildman–Crippen MR) is 80.0 cm³/mol. The van der Waals surface area contributed by atoms with Crippen molar-refractivity contribution in [2.45, 2.75) is 13.0 Å². The molecule has 1 atom stereocenters. The van der Waals surface area contributed by atoms with Gasteiger partial charge in [-0.05, 0) is 41.6 Å². The van der Waals surface area contributed by atoms with Crippen molar-refractivity contribution in [2.75, 3.05) is 0 Å². The van der Waals surface area contributed by atoms with Crippen LogP contribution in [0, 0.1) is 12.7 Å². The predicted octanol–water partition coefficient (Wildman–Crippen LogP) is 3.96. The van der Waals surface area contributed by atoms with Crippen LogP contribution in [0.15, 0.2) is 35.7 Å². The number of fused-ring (bicyclic) bond motifs is 1. The van der Waals surface area contributed by atoms with Gasteiger partial charge in [0.25, 0.3) is 0 Å². The van der Waals surface area contributed by atoms with Crippen LogP contribution >= 0.6 is 22.7 Å². The molecule has 2 nitrogen and oxygen atoms in total. The third kappa shape index (κ3) is 2.30. The van der Waals surface area contributed by atoms with Gasteiger partial charge >= 0.3 is 0 Å². The van der Waals surface area contributed by atoms with Crippen molar-refractivity contribution < 1.29 is 4.39 Å². The second-order valence-electron chi connectivity index (χ2n) is 4.41. The fourth-order valence-corrected chi connectivity index (χ4v) is 4.27. The highest BCUT2D eigenvalue weighted by Gasteiger charge is 2.17. The molecule has 3 rings (SSSR count). The number of benzene rings is 1. The molecule has 3 aromatic rings. The second-order valence-corrected chi connectivity index (χ2v) is 6.47. The topological polar surface area (TPSA) is 38.0 Å². The molecule has 0 radical (unpaired) electrons. The lowest BCUT2D eigenvalue weighted by Gasteiger charge is -2.15. The van der Waals surface area contributed by atoms with E-state index in [1.807, 2.05) is 6.07 Å². The Labute approximate surface area is 118 Å². The molecule has 1 aromatic carbocycles. The third-order valence-corrected chi connectivity index (χ3v) is 5.30. The maximum atomic E-state index is 13.7. The molecule has 0 fully saturated rings. The minimum atomic E-state index is -0.198. The Hall–Kier alpha value is -1.27. The zero-order valence-electron chi connectivity index (χ0n) is 10.3. The van der Waals surface area contributed by atoms with Crippen LogP contribution in [0.1, 0.15) is 22.0 Å². The molecule has 0 saturated heterocycles. The summed E-state index contributed by atoms with van der Waals surface area (Å²) >= 11 is 3.39. The van der Waals surface area contributed by atoms with Crippen molar-refractivity contribution in [3.8, 4) is 0 Å². The number of halogens is 1. The molecule has 19 heavy (non-hydrogen) atoms. The number of aryl methyl sites for hydroxylation is 1. The smallest absolute Gasteiger partial charge is 0.126 e. The van der Waals surface area contributed by atoms with E-state index in [1.165, 1.54) is 9.40 Å². The highest BCUT2D eigenvalue weighted by Crippen LogP contribution is 2.35. The summed E-state index contributed by atoms with van der Waals surface area (Å²) < 4.78 is 16.2. The van der Waals surface area contributed by atoms with E-state index in [0.717, 1.165) is 10.4 Å². The van der Waals surface area contributed by atoms with Crippen LogP contribution in [0.5, 0.6) is 0 Å². The summed E-state index contributed by atoms with van der Waals surface area (Å²) in [6, 6.07) is 9.29. The van der Waals surface area contributed by atoms with Gasteiger partial charge < -0.3 is 0 Å². The Bertz CT molecular complexity index is 689. The molecule has 5 heteroatoms. The highest BCUT2D eigenvalue weighted by atomic mass is 32.1. The molecule has 98 valence electrons. The first-order valence-corrected chi connectivity index (χ1v) is 7.58. The lowest BCUT2D eigenvalue weighted by Crippen LogP contribution is -2.28. The monoisotopic (exact) mass is 292 g/mol. The summed E-state index contributed by atoms with van der Waals surface area (Å²) in [6.45, 7) is 1.76. The Balaban J connectivity index is 2.03. The summed E-state index contributed by atoms with van der Waals surface area (Å²) in [5.41, 5.74) is 4.27. The molecular formula is C14H13FN2S2. The average Bonchev–Trinajstić information content (AvgIpc) is 2.95. The largest absolute Gasteiger partial charge is 0.271 e. The summed E-state index contributed by atoms with van der Waals surface area (Å²) in [5, 5.41) is 2.07. The third-order valence-electron chi connectivity index (χ3n) is 3.14. The van der Waals surface area contributed by atoms with Gasteiger partial charge in [-0.2, -0.15) is 0 Å². The first-order chi connectivity index (χ1) is 9.19. The SMILES string of the molecule is Cc1ccc(C(NN)c2cc3sccc3s2)cc1F. The second kappa shape index (κ2) is 5.02. The molecule has 1 unspecified atom stereocenters. The van der Waals surface area contributed by atoms with Crippen molar-refractivity contribution in [2.24, 2.45) is 5.84 Å². The number of hydrogen-bond donors (Lipinski definition) is 2. The average molecular weight is 292 g/mol. The molecule has 0 aliphatic heterocycles. The minimum absolute atomic E-state index is 0.167. The van der Waals surface area contributed by atoms with Gasteiger partial charge in [-0.25, -0.2) is 9.82 Å². The van der Waals surface area contributed by atoms with E-state index in [9.17, 15) is 4.39 Å². The number of hydrogen-bond acceptors (Lipinski definition) is 4. The van der Waals surface area contributed by atoms with Crippen LogP contribution in [0.4, 0.5) is 4.39 Å². The standard InChI is InChI=1S/C14H13FN2S2/c1-8-2-3-9(6-10(8)15)14(17-16)13-7-12-11(19-13)4-5-18-12/h2-7,14,17H,16H2,1H3. The molecule has 0 saturated carbocycles. The molecule has 2 aromatic heterocycles. The fraction of sp³-hybridized carbons (Fsp3) is 0.143. The molecule has 0 amide bonds. The number of nitrogens with one attached hydrogen (secondary N) is 1. The maximum Gasteiger partial charge on any atom is 0.126 e. The van der Waals surface area contributed by atoms with E-state index >= 15 is 0 Å². The lowest BCUT2D eigenvalue weighted by atomic mass is 10.0. The summed E-state index contributed by atoms with van der Waals surface area (Å²) in [4.78, 5) is 1.10. The van der Waals surface area contributed by atoms with Gasteiger partial charge in [-0.1, -0.05) is 12.1 Å².